The van der Waals surface area contributed by atoms with E-state index >= 15 is 0 Å². The Hall–Kier alpha value is -1.92. The Morgan fingerprint density at radius 1 is 1.06 bits per heavy atom. The summed E-state index contributed by atoms with van der Waals surface area (Å²) in [6, 6.07) is 15.4. The molecule has 3 rings (SSSR count). The number of benzene rings is 2. The first-order chi connectivity index (χ1) is 14.2. The molecule has 0 radical (unpaired) electrons. The van der Waals surface area contributed by atoms with Crippen LogP contribution in [-0.2, 0) is 14.8 Å². The van der Waals surface area contributed by atoms with Gasteiger partial charge in [-0.2, -0.15) is 4.31 Å². The average Bonchev–Trinajstić information content (AvgIpc) is 2.78. The van der Waals surface area contributed by atoms with Crippen LogP contribution in [0.5, 0.6) is 0 Å². The summed E-state index contributed by atoms with van der Waals surface area (Å²) in [5.74, 6) is -0.720. The molecular formula is C22H26LiN3O4S. The Bertz CT molecular complexity index is 1040. The van der Waals surface area contributed by atoms with E-state index in [2.05, 4.69) is 29.4 Å². The van der Waals surface area contributed by atoms with Crippen LogP contribution in [0.25, 0.3) is 16.6 Å². The maximum atomic E-state index is 12.9. The summed E-state index contributed by atoms with van der Waals surface area (Å²) in [6.45, 7) is 2.39. The van der Waals surface area contributed by atoms with Crippen molar-refractivity contribution in [2.75, 3.05) is 27.2 Å². The van der Waals surface area contributed by atoms with Crippen LogP contribution in [-0.4, -0.2) is 55.9 Å². The van der Waals surface area contributed by atoms with E-state index in [1.165, 1.54) is 15.9 Å². The summed E-state index contributed by atoms with van der Waals surface area (Å²) in [7, 11) is 0.411. The van der Waals surface area contributed by atoms with Crippen LogP contribution < -0.4 is 18.9 Å². The molecule has 160 valence electrons. The third-order valence-corrected chi connectivity index (χ3v) is 7.41. The molecule has 0 aliphatic carbocycles. The third-order valence-electron chi connectivity index (χ3n) is 5.53. The smallest absolute Gasteiger partial charge is 0.530 e. The van der Waals surface area contributed by atoms with Crippen molar-refractivity contribution in [2.24, 2.45) is 0 Å². The van der Waals surface area contributed by atoms with Crippen LogP contribution in [0.1, 0.15) is 24.9 Å². The van der Waals surface area contributed by atoms with Gasteiger partial charge in [-0.3, -0.25) is 0 Å². The van der Waals surface area contributed by atoms with Crippen molar-refractivity contribution in [3.8, 4) is 11.1 Å². The molecule has 0 fully saturated rings. The molecule has 1 unspecified atom stereocenters. The topological polar surface area (TPSA) is 92.0 Å². The standard InChI is InChI=1S/C22H27N3O4S.Li/c1-16(24(2)3)17-4-6-18(7-5-17)19-8-10-21(11-9-19)30(28,29)25-14-12-20(13-15-25)22(26)23-27;/h4-12,16H,13-15H2,1-3H3,(H2,23,26,27);/q;+1/p-1. The fourth-order valence-corrected chi connectivity index (χ4v) is 4.73. The SMILES string of the molecule is CC(c1ccc(-c2ccc(S(=O)(=O)N3CC=C(C(=O)[N-]O)CC3)cc2)cc1)N(C)C.[Li+]. The summed E-state index contributed by atoms with van der Waals surface area (Å²) in [4.78, 5) is 13.7. The molecule has 0 saturated heterocycles. The van der Waals surface area contributed by atoms with Gasteiger partial charge in [0.1, 0.15) is 0 Å². The van der Waals surface area contributed by atoms with Crippen molar-refractivity contribution in [1.82, 2.24) is 9.21 Å². The van der Waals surface area contributed by atoms with Gasteiger partial charge in [-0.15, -0.1) is 0 Å². The van der Waals surface area contributed by atoms with E-state index in [0.29, 0.717) is 11.6 Å². The molecule has 1 atom stereocenters. The van der Waals surface area contributed by atoms with Gasteiger partial charge < -0.3 is 20.4 Å². The van der Waals surface area contributed by atoms with Gasteiger partial charge in [0.15, 0.2) is 0 Å². The second-order valence-electron chi connectivity index (χ2n) is 7.53. The average molecular weight is 435 g/mol. The molecule has 0 aromatic heterocycles. The first kappa shape index (κ1) is 25.3. The predicted octanol–water partition coefficient (Wildman–Crippen LogP) is 0.591. The minimum absolute atomic E-state index is 0. The summed E-state index contributed by atoms with van der Waals surface area (Å²) in [5.41, 5.74) is 6.14. The maximum Gasteiger partial charge on any atom is 1.00 e. The summed E-state index contributed by atoms with van der Waals surface area (Å²) in [5, 5.41) is 8.58. The molecule has 2 aromatic carbocycles. The molecule has 1 N–H and O–H groups in total. The maximum absolute atomic E-state index is 12.9. The van der Waals surface area contributed by atoms with Crippen LogP contribution in [0.15, 0.2) is 65.1 Å². The number of hydroxylamine groups is 1. The number of sulfonamides is 1. The molecular weight excluding hydrogens is 409 g/mol. The van der Waals surface area contributed by atoms with Gasteiger partial charge in [-0.25, -0.2) is 8.42 Å². The Morgan fingerprint density at radius 3 is 2.06 bits per heavy atom. The number of rotatable bonds is 6. The van der Waals surface area contributed by atoms with E-state index in [-0.39, 0.29) is 43.3 Å². The van der Waals surface area contributed by atoms with Crippen LogP contribution in [0, 0.1) is 0 Å². The number of hydrogen-bond acceptors (Lipinski definition) is 5. The minimum Gasteiger partial charge on any atom is -0.530 e. The Morgan fingerprint density at radius 2 is 1.61 bits per heavy atom. The zero-order valence-electron chi connectivity index (χ0n) is 18.3. The zero-order valence-corrected chi connectivity index (χ0v) is 19.1. The second-order valence-corrected chi connectivity index (χ2v) is 9.47. The molecule has 1 amide bonds. The molecule has 7 nitrogen and oxygen atoms in total. The van der Waals surface area contributed by atoms with E-state index in [4.69, 9.17) is 5.21 Å². The molecule has 1 aliphatic rings. The Labute approximate surface area is 195 Å². The molecule has 0 saturated carbocycles. The monoisotopic (exact) mass is 435 g/mol. The minimum atomic E-state index is -3.67. The van der Waals surface area contributed by atoms with Gasteiger partial charge in [0.2, 0.25) is 10.0 Å². The van der Waals surface area contributed by atoms with Crippen molar-refractivity contribution < 1.29 is 37.3 Å². The van der Waals surface area contributed by atoms with E-state index in [9.17, 15) is 13.2 Å². The summed E-state index contributed by atoms with van der Waals surface area (Å²) in [6.07, 6.45) is 1.71. The Kier molecular flexibility index (Phi) is 8.66. The molecule has 0 spiro atoms. The van der Waals surface area contributed by atoms with Gasteiger partial charge in [0, 0.05) is 19.1 Å². The summed E-state index contributed by atoms with van der Waals surface area (Å²) < 4.78 is 27.1. The molecule has 1 heterocycles. The quantitative estimate of drug-likeness (QED) is 0.407. The van der Waals surface area contributed by atoms with E-state index in [0.717, 1.165) is 11.1 Å². The van der Waals surface area contributed by atoms with Crippen LogP contribution in [0.2, 0.25) is 0 Å². The Balaban J connectivity index is 0.00000341. The van der Waals surface area contributed by atoms with Gasteiger partial charge in [-0.1, -0.05) is 42.5 Å². The van der Waals surface area contributed by atoms with E-state index < -0.39 is 15.9 Å². The predicted molar refractivity (Wildman–Crippen MR) is 116 cm³/mol. The van der Waals surface area contributed by atoms with Crippen LogP contribution in [0.4, 0.5) is 0 Å². The molecule has 1 aliphatic heterocycles. The molecule has 31 heavy (non-hydrogen) atoms. The first-order valence-corrected chi connectivity index (χ1v) is 11.1. The molecule has 2 aromatic rings. The van der Waals surface area contributed by atoms with Crippen molar-refractivity contribution in [3.63, 3.8) is 0 Å². The fourth-order valence-electron chi connectivity index (χ4n) is 3.35. The van der Waals surface area contributed by atoms with E-state index in [1.807, 2.05) is 26.2 Å². The number of amides is 1. The second kappa shape index (κ2) is 10.6. The van der Waals surface area contributed by atoms with Gasteiger partial charge >= 0.3 is 18.9 Å². The third kappa shape index (κ3) is 5.66. The number of hydrogen-bond donors (Lipinski definition) is 1. The van der Waals surface area contributed by atoms with Crippen LogP contribution >= 0.6 is 0 Å². The van der Waals surface area contributed by atoms with E-state index in [1.54, 1.807) is 24.3 Å². The van der Waals surface area contributed by atoms with Crippen molar-refractivity contribution in [1.29, 1.82) is 0 Å². The zero-order chi connectivity index (χ0) is 21.9. The fraction of sp³-hybridized carbons (Fsp3) is 0.318. The van der Waals surface area contributed by atoms with Crippen molar-refractivity contribution in [2.45, 2.75) is 24.3 Å². The first-order valence-electron chi connectivity index (χ1n) is 9.69. The number of nitrogens with zero attached hydrogens (tertiary/aromatic N) is 3. The number of carbonyl (C=O) groups is 1. The van der Waals surface area contributed by atoms with Crippen LogP contribution in [0.3, 0.4) is 0 Å². The van der Waals surface area contributed by atoms with Gasteiger partial charge in [0.25, 0.3) is 0 Å². The largest absolute Gasteiger partial charge is 1.00 e. The molecule has 0 bridgehead atoms. The normalized spacial score (nSPS) is 15.7. The van der Waals surface area contributed by atoms with Crippen molar-refractivity contribution in [3.05, 3.63) is 71.2 Å². The van der Waals surface area contributed by atoms with Gasteiger partial charge in [-0.05, 0) is 61.8 Å². The molecule has 9 heteroatoms. The van der Waals surface area contributed by atoms with Gasteiger partial charge in [0.05, 0.1) is 10.8 Å². The van der Waals surface area contributed by atoms with Crippen molar-refractivity contribution >= 4 is 15.9 Å². The summed E-state index contributed by atoms with van der Waals surface area (Å²) >= 11 is 0. The number of carbonyl (C=O) groups excluding carboxylic acids is 1.